The Labute approximate surface area is 109 Å². The molecule has 0 amide bonds. The van der Waals surface area contributed by atoms with E-state index in [4.69, 9.17) is 0 Å². The summed E-state index contributed by atoms with van der Waals surface area (Å²) in [7, 11) is 0. The molecule has 0 aliphatic carbocycles. The smallest absolute Gasteiger partial charge is 0.151 e. The number of aromatic nitrogens is 2. The van der Waals surface area contributed by atoms with Gasteiger partial charge in [-0.2, -0.15) is 5.10 Å². The minimum absolute atomic E-state index is 0.774. The number of rotatable bonds is 2. The molecule has 3 rings (SSSR count). The predicted octanol–water partition coefficient (Wildman–Crippen LogP) is 1.75. The number of piperidine rings is 1. The SMILES string of the molecule is Cc1ccc(N2CCC(C3CCCN3)CC2)nn1. The van der Waals surface area contributed by atoms with Gasteiger partial charge in [0.1, 0.15) is 0 Å². The Hall–Kier alpha value is -1.16. The van der Waals surface area contributed by atoms with Crippen LogP contribution in [0.4, 0.5) is 5.82 Å². The average Bonchev–Trinajstić information content (AvgIpc) is 2.94. The van der Waals surface area contributed by atoms with Crippen molar-refractivity contribution in [1.29, 1.82) is 0 Å². The second-order valence-corrected chi connectivity index (χ2v) is 5.56. The predicted molar refractivity (Wildman–Crippen MR) is 72.7 cm³/mol. The first kappa shape index (κ1) is 11.9. The Kier molecular flexibility index (Phi) is 3.46. The molecule has 0 saturated carbocycles. The number of hydrogen-bond acceptors (Lipinski definition) is 4. The molecule has 1 atom stereocenters. The third-order valence-electron chi connectivity index (χ3n) is 4.31. The molecule has 2 aliphatic heterocycles. The Bertz CT molecular complexity index is 375. The van der Waals surface area contributed by atoms with Gasteiger partial charge in [-0.15, -0.1) is 5.10 Å². The van der Waals surface area contributed by atoms with Crippen LogP contribution in [0.1, 0.15) is 31.4 Å². The third-order valence-corrected chi connectivity index (χ3v) is 4.31. The lowest BCUT2D eigenvalue weighted by atomic mass is 9.88. The molecule has 4 nitrogen and oxygen atoms in total. The van der Waals surface area contributed by atoms with Crippen LogP contribution >= 0.6 is 0 Å². The van der Waals surface area contributed by atoms with Gasteiger partial charge in [-0.05, 0) is 57.2 Å². The van der Waals surface area contributed by atoms with Gasteiger partial charge in [0.05, 0.1) is 5.69 Å². The van der Waals surface area contributed by atoms with E-state index in [1.165, 1.54) is 32.2 Å². The highest BCUT2D eigenvalue weighted by Gasteiger charge is 2.28. The fourth-order valence-corrected chi connectivity index (χ4v) is 3.21. The average molecular weight is 246 g/mol. The quantitative estimate of drug-likeness (QED) is 0.863. The normalized spacial score (nSPS) is 25.6. The zero-order valence-corrected chi connectivity index (χ0v) is 11.1. The molecule has 4 heteroatoms. The highest BCUT2D eigenvalue weighted by Crippen LogP contribution is 2.27. The minimum Gasteiger partial charge on any atom is -0.355 e. The van der Waals surface area contributed by atoms with Gasteiger partial charge >= 0.3 is 0 Å². The van der Waals surface area contributed by atoms with Gasteiger partial charge in [-0.3, -0.25) is 0 Å². The van der Waals surface area contributed by atoms with Gasteiger partial charge in [-0.25, -0.2) is 0 Å². The van der Waals surface area contributed by atoms with Crippen molar-refractivity contribution < 1.29 is 0 Å². The Balaban J connectivity index is 1.57. The van der Waals surface area contributed by atoms with Crippen molar-refractivity contribution in [3.8, 4) is 0 Å². The lowest BCUT2D eigenvalue weighted by molar-refractivity contribution is 0.318. The Morgan fingerprint density at radius 3 is 2.61 bits per heavy atom. The first-order valence-corrected chi connectivity index (χ1v) is 7.11. The fraction of sp³-hybridized carbons (Fsp3) is 0.714. The van der Waals surface area contributed by atoms with Crippen molar-refractivity contribution in [2.75, 3.05) is 24.5 Å². The van der Waals surface area contributed by atoms with E-state index in [1.54, 1.807) is 0 Å². The maximum absolute atomic E-state index is 4.28. The van der Waals surface area contributed by atoms with Crippen LogP contribution in [0.25, 0.3) is 0 Å². The molecule has 2 aliphatic rings. The number of hydrogen-bond donors (Lipinski definition) is 1. The third kappa shape index (κ3) is 2.48. The molecule has 1 aromatic rings. The molecule has 0 aromatic carbocycles. The molecule has 0 bridgehead atoms. The fourth-order valence-electron chi connectivity index (χ4n) is 3.21. The van der Waals surface area contributed by atoms with Crippen molar-refractivity contribution in [2.45, 2.75) is 38.6 Å². The molecular weight excluding hydrogens is 224 g/mol. The van der Waals surface area contributed by atoms with Crippen LogP contribution in [0.5, 0.6) is 0 Å². The highest BCUT2D eigenvalue weighted by molar-refractivity contribution is 5.37. The number of nitrogens with zero attached hydrogens (tertiary/aromatic N) is 3. The van der Waals surface area contributed by atoms with E-state index in [0.29, 0.717) is 0 Å². The van der Waals surface area contributed by atoms with Crippen LogP contribution in [0, 0.1) is 12.8 Å². The Morgan fingerprint density at radius 2 is 2.00 bits per heavy atom. The van der Waals surface area contributed by atoms with E-state index in [0.717, 1.165) is 36.6 Å². The standard InChI is InChI=1S/C14H22N4/c1-11-4-5-14(17-16-11)18-9-6-12(7-10-18)13-3-2-8-15-13/h4-5,12-13,15H,2-3,6-10H2,1H3. The summed E-state index contributed by atoms with van der Waals surface area (Å²) < 4.78 is 0. The summed E-state index contributed by atoms with van der Waals surface area (Å²) in [5, 5.41) is 12.1. The molecular formula is C14H22N4. The van der Waals surface area contributed by atoms with Crippen LogP contribution in [0.15, 0.2) is 12.1 Å². The Morgan fingerprint density at radius 1 is 1.17 bits per heavy atom. The molecule has 0 radical (unpaired) electrons. The second kappa shape index (κ2) is 5.22. The summed E-state index contributed by atoms with van der Waals surface area (Å²) in [5.74, 6) is 1.90. The summed E-state index contributed by atoms with van der Waals surface area (Å²) >= 11 is 0. The van der Waals surface area contributed by atoms with Crippen LogP contribution in [-0.4, -0.2) is 35.9 Å². The van der Waals surface area contributed by atoms with Crippen LogP contribution < -0.4 is 10.2 Å². The number of aryl methyl sites for hydroxylation is 1. The molecule has 2 saturated heterocycles. The van der Waals surface area contributed by atoms with Gasteiger partial charge < -0.3 is 10.2 Å². The molecule has 1 unspecified atom stereocenters. The molecule has 0 spiro atoms. The maximum atomic E-state index is 4.28. The van der Waals surface area contributed by atoms with Crippen molar-refractivity contribution in [1.82, 2.24) is 15.5 Å². The highest BCUT2D eigenvalue weighted by atomic mass is 15.3. The molecule has 1 N–H and O–H groups in total. The largest absolute Gasteiger partial charge is 0.355 e. The monoisotopic (exact) mass is 246 g/mol. The number of nitrogens with one attached hydrogen (secondary N) is 1. The van der Waals surface area contributed by atoms with Crippen LogP contribution in [0.2, 0.25) is 0 Å². The van der Waals surface area contributed by atoms with Crippen LogP contribution in [-0.2, 0) is 0 Å². The summed E-state index contributed by atoms with van der Waals surface area (Å²) in [5.41, 5.74) is 0.990. The van der Waals surface area contributed by atoms with Gasteiger partial charge in [-0.1, -0.05) is 0 Å². The molecule has 18 heavy (non-hydrogen) atoms. The van der Waals surface area contributed by atoms with Crippen molar-refractivity contribution in [3.05, 3.63) is 17.8 Å². The van der Waals surface area contributed by atoms with E-state index in [-0.39, 0.29) is 0 Å². The van der Waals surface area contributed by atoms with E-state index < -0.39 is 0 Å². The molecule has 1 aromatic heterocycles. The summed E-state index contributed by atoms with van der Waals surface area (Å²) in [6.07, 6.45) is 5.30. The zero-order valence-electron chi connectivity index (χ0n) is 11.1. The van der Waals surface area contributed by atoms with Gasteiger partial charge in [0, 0.05) is 19.1 Å². The van der Waals surface area contributed by atoms with E-state index in [1.807, 2.05) is 13.0 Å². The van der Waals surface area contributed by atoms with E-state index in [9.17, 15) is 0 Å². The van der Waals surface area contributed by atoms with Crippen molar-refractivity contribution in [3.63, 3.8) is 0 Å². The zero-order chi connectivity index (χ0) is 12.4. The number of anilines is 1. The first-order chi connectivity index (χ1) is 8.83. The first-order valence-electron chi connectivity index (χ1n) is 7.11. The lowest BCUT2D eigenvalue weighted by Crippen LogP contribution is -2.41. The molecule has 3 heterocycles. The minimum atomic E-state index is 0.774. The van der Waals surface area contributed by atoms with Crippen LogP contribution in [0.3, 0.4) is 0 Å². The van der Waals surface area contributed by atoms with E-state index >= 15 is 0 Å². The summed E-state index contributed by atoms with van der Waals surface area (Å²) in [6, 6.07) is 4.92. The summed E-state index contributed by atoms with van der Waals surface area (Å²) in [6.45, 7) is 5.45. The second-order valence-electron chi connectivity index (χ2n) is 5.56. The van der Waals surface area contributed by atoms with Crippen molar-refractivity contribution >= 4 is 5.82 Å². The van der Waals surface area contributed by atoms with Gasteiger partial charge in [0.25, 0.3) is 0 Å². The molecule has 98 valence electrons. The lowest BCUT2D eigenvalue weighted by Gasteiger charge is -2.35. The molecule has 2 fully saturated rings. The van der Waals surface area contributed by atoms with Gasteiger partial charge in [0.15, 0.2) is 5.82 Å². The summed E-state index contributed by atoms with van der Waals surface area (Å²) in [4.78, 5) is 2.37. The van der Waals surface area contributed by atoms with Crippen molar-refractivity contribution in [2.24, 2.45) is 5.92 Å². The topological polar surface area (TPSA) is 41.0 Å². The van der Waals surface area contributed by atoms with Gasteiger partial charge in [0.2, 0.25) is 0 Å². The maximum Gasteiger partial charge on any atom is 0.151 e. The van der Waals surface area contributed by atoms with E-state index in [2.05, 4.69) is 26.5 Å².